The largest absolute Gasteiger partial charge is 0.376 e. The van der Waals surface area contributed by atoms with E-state index >= 15 is 0 Å². The fourth-order valence-corrected chi connectivity index (χ4v) is 2.94. The Morgan fingerprint density at radius 1 is 1.26 bits per heavy atom. The molecule has 1 aromatic carbocycles. The van der Waals surface area contributed by atoms with E-state index in [1.807, 2.05) is 48.7 Å². The van der Waals surface area contributed by atoms with Crippen molar-refractivity contribution in [2.45, 2.75) is 31.3 Å². The van der Waals surface area contributed by atoms with Crippen LogP contribution in [0.4, 0.5) is 0 Å². The second-order valence-corrected chi connectivity index (χ2v) is 5.91. The number of hydrogen-bond acceptors (Lipinski definition) is 3. The molecule has 1 fully saturated rings. The van der Waals surface area contributed by atoms with Gasteiger partial charge in [0.15, 0.2) is 0 Å². The van der Waals surface area contributed by atoms with Gasteiger partial charge >= 0.3 is 0 Å². The van der Waals surface area contributed by atoms with E-state index in [0.717, 1.165) is 30.6 Å². The van der Waals surface area contributed by atoms with Crippen LogP contribution in [-0.4, -0.2) is 30.1 Å². The molecule has 4 heteroatoms. The number of nitrogens with zero attached hydrogens (tertiary/aromatic N) is 1. The van der Waals surface area contributed by atoms with Crippen molar-refractivity contribution in [1.82, 2.24) is 10.3 Å². The molecular weight excluding hydrogens is 288 g/mol. The van der Waals surface area contributed by atoms with Gasteiger partial charge in [-0.2, -0.15) is 0 Å². The van der Waals surface area contributed by atoms with Crippen LogP contribution < -0.4 is 5.32 Å². The van der Waals surface area contributed by atoms with Gasteiger partial charge in [0.2, 0.25) is 5.91 Å². The molecule has 1 N–H and O–H groups in total. The summed E-state index contributed by atoms with van der Waals surface area (Å²) in [6, 6.07) is 13.8. The Morgan fingerprint density at radius 2 is 2.13 bits per heavy atom. The van der Waals surface area contributed by atoms with Crippen molar-refractivity contribution in [1.29, 1.82) is 0 Å². The Kier molecular flexibility index (Phi) is 5.37. The second kappa shape index (κ2) is 7.88. The van der Waals surface area contributed by atoms with Gasteiger partial charge in [0.05, 0.1) is 12.0 Å². The third kappa shape index (κ3) is 4.39. The molecule has 3 rings (SSSR count). The number of aromatic nitrogens is 1. The fourth-order valence-electron chi connectivity index (χ4n) is 2.94. The molecule has 120 valence electrons. The summed E-state index contributed by atoms with van der Waals surface area (Å²) in [6.45, 7) is 1.40. The Hall–Kier alpha value is -2.20. The van der Waals surface area contributed by atoms with Gasteiger partial charge in [-0.05, 0) is 36.5 Å². The summed E-state index contributed by atoms with van der Waals surface area (Å²) in [5.74, 6) is -0.155. The van der Waals surface area contributed by atoms with Crippen LogP contribution in [0.15, 0.2) is 54.9 Å². The number of rotatable bonds is 6. The van der Waals surface area contributed by atoms with E-state index in [2.05, 4.69) is 10.3 Å². The van der Waals surface area contributed by atoms with Crippen molar-refractivity contribution in [3.63, 3.8) is 0 Å². The highest BCUT2D eigenvalue weighted by Crippen LogP contribution is 2.21. The molecule has 1 amide bonds. The first-order chi connectivity index (χ1) is 11.3. The van der Waals surface area contributed by atoms with E-state index < -0.39 is 0 Å². The maximum absolute atomic E-state index is 12.7. The molecule has 0 bridgehead atoms. The molecule has 2 aromatic rings. The Morgan fingerprint density at radius 3 is 2.83 bits per heavy atom. The second-order valence-electron chi connectivity index (χ2n) is 5.91. The number of pyridine rings is 1. The monoisotopic (exact) mass is 310 g/mol. The summed E-state index contributed by atoms with van der Waals surface area (Å²) in [7, 11) is 0. The van der Waals surface area contributed by atoms with Crippen molar-refractivity contribution >= 4 is 5.91 Å². The molecule has 2 unspecified atom stereocenters. The first-order valence-electron chi connectivity index (χ1n) is 8.16. The molecule has 2 atom stereocenters. The SMILES string of the molecule is O=C(NCC1CCCO1)C(Cc1cccnc1)c1ccccc1. The third-order valence-electron chi connectivity index (χ3n) is 4.21. The fraction of sp³-hybridized carbons (Fsp3) is 0.368. The first-order valence-corrected chi connectivity index (χ1v) is 8.16. The van der Waals surface area contributed by atoms with Crippen molar-refractivity contribution < 1.29 is 9.53 Å². The smallest absolute Gasteiger partial charge is 0.227 e. The van der Waals surface area contributed by atoms with Crippen LogP contribution in [0.2, 0.25) is 0 Å². The molecule has 1 aromatic heterocycles. The molecule has 0 saturated carbocycles. The summed E-state index contributed by atoms with van der Waals surface area (Å²) in [5.41, 5.74) is 2.09. The molecule has 1 saturated heterocycles. The average Bonchev–Trinajstić information content (AvgIpc) is 3.13. The standard InChI is InChI=1S/C19H22N2O2/c22-19(21-14-17-9-5-11-23-17)18(16-7-2-1-3-8-16)12-15-6-4-10-20-13-15/h1-4,6-8,10,13,17-18H,5,9,11-12,14H2,(H,21,22). The van der Waals surface area contributed by atoms with Gasteiger partial charge in [-0.1, -0.05) is 36.4 Å². The maximum atomic E-state index is 12.7. The summed E-state index contributed by atoms with van der Waals surface area (Å²) >= 11 is 0. The Labute approximate surface area is 136 Å². The van der Waals surface area contributed by atoms with Gasteiger partial charge in [0.25, 0.3) is 0 Å². The zero-order valence-electron chi connectivity index (χ0n) is 13.2. The van der Waals surface area contributed by atoms with E-state index in [1.54, 1.807) is 6.20 Å². The van der Waals surface area contributed by atoms with Gasteiger partial charge in [-0.3, -0.25) is 9.78 Å². The van der Waals surface area contributed by atoms with Crippen molar-refractivity contribution in [2.24, 2.45) is 0 Å². The maximum Gasteiger partial charge on any atom is 0.227 e. The van der Waals surface area contributed by atoms with Crippen LogP contribution >= 0.6 is 0 Å². The van der Waals surface area contributed by atoms with E-state index in [-0.39, 0.29) is 17.9 Å². The first kappa shape index (κ1) is 15.7. The molecule has 0 aliphatic carbocycles. The van der Waals surface area contributed by atoms with Gasteiger partial charge in [-0.25, -0.2) is 0 Å². The topological polar surface area (TPSA) is 51.2 Å². The number of ether oxygens (including phenoxy) is 1. The van der Waals surface area contributed by atoms with Crippen LogP contribution in [0.1, 0.15) is 29.9 Å². The highest BCUT2D eigenvalue weighted by Gasteiger charge is 2.23. The molecule has 4 nitrogen and oxygen atoms in total. The highest BCUT2D eigenvalue weighted by molar-refractivity contribution is 5.84. The van der Waals surface area contributed by atoms with Gasteiger partial charge in [0.1, 0.15) is 0 Å². The predicted octanol–water partition coefficient (Wildman–Crippen LogP) is 2.70. The lowest BCUT2D eigenvalue weighted by atomic mass is 9.91. The van der Waals surface area contributed by atoms with Crippen molar-refractivity contribution in [3.05, 3.63) is 66.0 Å². The lowest BCUT2D eigenvalue weighted by molar-refractivity contribution is -0.123. The van der Waals surface area contributed by atoms with Gasteiger partial charge < -0.3 is 10.1 Å². The predicted molar refractivity (Wildman–Crippen MR) is 89.1 cm³/mol. The number of carbonyl (C=O) groups excluding carboxylic acids is 1. The van der Waals surface area contributed by atoms with Crippen LogP contribution in [0.5, 0.6) is 0 Å². The van der Waals surface area contributed by atoms with Gasteiger partial charge in [0, 0.05) is 25.5 Å². The number of carbonyl (C=O) groups is 1. The zero-order valence-corrected chi connectivity index (χ0v) is 13.2. The number of hydrogen-bond donors (Lipinski definition) is 1. The Balaban J connectivity index is 1.70. The van der Waals surface area contributed by atoms with Gasteiger partial charge in [-0.15, -0.1) is 0 Å². The van der Waals surface area contributed by atoms with E-state index in [9.17, 15) is 4.79 Å². The third-order valence-corrected chi connectivity index (χ3v) is 4.21. The van der Waals surface area contributed by atoms with Crippen molar-refractivity contribution in [3.8, 4) is 0 Å². The minimum absolute atomic E-state index is 0.0514. The van der Waals surface area contributed by atoms with Crippen LogP contribution in [0.25, 0.3) is 0 Å². The highest BCUT2D eigenvalue weighted by atomic mass is 16.5. The number of amides is 1. The molecule has 2 heterocycles. The normalized spacial score (nSPS) is 18.5. The molecular formula is C19H22N2O2. The minimum Gasteiger partial charge on any atom is -0.376 e. The molecule has 0 spiro atoms. The molecule has 0 radical (unpaired) electrons. The van der Waals surface area contributed by atoms with E-state index in [1.165, 1.54) is 0 Å². The summed E-state index contributed by atoms with van der Waals surface area (Å²) in [4.78, 5) is 16.9. The minimum atomic E-state index is -0.207. The quantitative estimate of drug-likeness (QED) is 0.892. The molecule has 23 heavy (non-hydrogen) atoms. The molecule has 1 aliphatic rings. The van der Waals surface area contributed by atoms with Crippen LogP contribution in [0.3, 0.4) is 0 Å². The average molecular weight is 310 g/mol. The summed E-state index contributed by atoms with van der Waals surface area (Å²) < 4.78 is 5.58. The van der Waals surface area contributed by atoms with Crippen molar-refractivity contribution in [2.75, 3.05) is 13.2 Å². The number of benzene rings is 1. The summed E-state index contributed by atoms with van der Waals surface area (Å²) in [5, 5.41) is 3.06. The van der Waals surface area contributed by atoms with E-state index in [0.29, 0.717) is 13.0 Å². The number of nitrogens with one attached hydrogen (secondary N) is 1. The lowest BCUT2D eigenvalue weighted by Crippen LogP contribution is -2.36. The molecule has 1 aliphatic heterocycles. The van der Waals surface area contributed by atoms with Crippen LogP contribution in [-0.2, 0) is 16.0 Å². The lowest BCUT2D eigenvalue weighted by Gasteiger charge is -2.19. The van der Waals surface area contributed by atoms with E-state index in [4.69, 9.17) is 4.74 Å². The zero-order chi connectivity index (χ0) is 15.9. The van der Waals surface area contributed by atoms with Crippen LogP contribution in [0, 0.1) is 0 Å². The summed E-state index contributed by atoms with van der Waals surface area (Å²) in [6.07, 6.45) is 6.49. The Bertz CT molecular complexity index is 610.